The molecule has 8 nitrogen and oxygen atoms in total. The molecule has 0 aliphatic rings. The van der Waals surface area contributed by atoms with Gasteiger partial charge in [-0.3, -0.25) is 20.1 Å². The minimum Gasteiger partial charge on any atom is -0.494 e. The van der Waals surface area contributed by atoms with E-state index in [0.717, 1.165) is 11.3 Å². The van der Waals surface area contributed by atoms with Crippen molar-refractivity contribution in [2.24, 2.45) is 0 Å². The van der Waals surface area contributed by atoms with Crippen LogP contribution < -0.4 is 14.8 Å². The Kier molecular flexibility index (Phi) is 5.26. The van der Waals surface area contributed by atoms with E-state index in [9.17, 15) is 9.18 Å². The fourth-order valence-corrected chi connectivity index (χ4v) is 2.98. The van der Waals surface area contributed by atoms with Crippen LogP contribution in [0.5, 0.6) is 10.9 Å². The Balaban J connectivity index is 0.00000280. The van der Waals surface area contributed by atoms with E-state index in [1.165, 1.54) is 26.6 Å². The van der Waals surface area contributed by atoms with Crippen molar-refractivity contribution in [3.05, 3.63) is 41.2 Å². The highest BCUT2D eigenvalue weighted by molar-refractivity contribution is 7.17. The van der Waals surface area contributed by atoms with Gasteiger partial charge in [0.1, 0.15) is 5.75 Å². The number of anilines is 1. The SMILES string of the molecule is COc1nnc(NC(=O)c2cnc(C)cc2-c2c(OC)cnc(C)c2F)s1.[HH]. The number of aromatic nitrogens is 4. The second-order valence-corrected chi connectivity index (χ2v) is 6.44. The lowest BCUT2D eigenvalue weighted by Crippen LogP contribution is -2.14. The maximum absolute atomic E-state index is 14.9. The summed E-state index contributed by atoms with van der Waals surface area (Å²) in [5.41, 5.74) is 1.47. The Morgan fingerprint density at radius 3 is 2.63 bits per heavy atom. The number of pyridine rings is 2. The van der Waals surface area contributed by atoms with Crippen LogP contribution in [0.4, 0.5) is 9.52 Å². The molecular formula is C17H18FN5O3S. The van der Waals surface area contributed by atoms with E-state index >= 15 is 0 Å². The smallest absolute Gasteiger partial charge is 0.295 e. The molecule has 3 aromatic heterocycles. The molecule has 0 saturated heterocycles. The number of ether oxygens (including phenoxy) is 2. The van der Waals surface area contributed by atoms with E-state index in [4.69, 9.17) is 9.47 Å². The summed E-state index contributed by atoms with van der Waals surface area (Å²) in [4.78, 5) is 20.9. The highest BCUT2D eigenvalue weighted by atomic mass is 32.1. The van der Waals surface area contributed by atoms with Crippen LogP contribution in [-0.2, 0) is 0 Å². The molecular weight excluding hydrogens is 373 g/mol. The Hall–Kier alpha value is -3.14. The van der Waals surface area contributed by atoms with Gasteiger partial charge in [0.2, 0.25) is 5.13 Å². The summed E-state index contributed by atoms with van der Waals surface area (Å²) < 4.78 is 25.1. The third-order valence-corrected chi connectivity index (χ3v) is 4.54. The van der Waals surface area contributed by atoms with Crippen LogP contribution in [0.2, 0.25) is 0 Å². The molecule has 3 aromatic rings. The lowest BCUT2D eigenvalue weighted by Gasteiger charge is -2.14. The fraction of sp³-hybridized carbons (Fsp3) is 0.235. The van der Waals surface area contributed by atoms with Crippen molar-refractivity contribution < 1.29 is 20.1 Å². The third kappa shape index (κ3) is 3.70. The molecule has 0 fully saturated rings. The monoisotopic (exact) mass is 391 g/mol. The third-order valence-electron chi connectivity index (χ3n) is 3.74. The number of rotatable bonds is 5. The molecule has 0 spiro atoms. The van der Waals surface area contributed by atoms with Crippen LogP contribution in [0.25, 0.3) is 11.1 Å². The van der Waals surface area contributed by atoms with Crippen molar-refractivity contribution in [3.8, 4) is 22.1 Å². The molecule has 0 unspecified atom stereocenters. The summed E-state index contributed by atoms with van der Waals surface area (Å²) in [5.74, 6) is -0.853. The summed E-state index contributed by atoms with van der Waals surface area (Å²) >= 11 is 1.07. The molecule has 0 aromatic carbocycles. The highest BCUT2D eigenvalue weighted by Gasteiger charge is 2.23. The Morgan fingerprint density at radius 2 is 1.96 bits per heavy atom. The molecule has 27 heavy (non-hydrogen) atoms. The molecule has 3 rings (SSSR count). The summed E-state index contributed by atoms with van der Waals surface area (Å²) in [7, 11) is 2.87. The zero-order chi connectivity index (χ0) is 19.6. The van der Waals surface area contributed by atoms with Crippen molar-refractivity contribution in [3.63, 3.8) is 0 Å². The van der Waals surface area contributed by atoms with Gasteiger partial charge in [0.25, 0.3) is 11.1 Å². The maximum Gasteiger partial charge on any atom is 0.295 e. The van der Waals surface area contributed by atoms with Gasteiger partial charge in [-0.05, 0) is 31.3 Å². The maximum atomic E-state index is 14.9. The van der Waals surface area contributed by atoms with E-state index in [-0.39, 0.29) is 29.1 Å². The molecule has 0 bridgehead atoms. The van der Waals surface area contributed by atoms with Gasteiger partial charge >= 0.3 is 0 Å². The molecule has 0 atom stereocenters. The van der Waals surface area contributed by atoms with Crippen LogP contribution in [-0.4, -0.2) is 40.3 Å². The van der Waals surface area contributed by atoms with Gasteiger partial charge in [-0.25, -0.2) is 4.39 Å². The largest absolute Gasteiger partial charge is 0.494 e. The minimum absolute atomic E-state index is 0. The lowest BCUT2D eigenvalue weighted by atomic mass is 9.99. The average Bonchev–Trinajstić information content (AvgIpc) is 3.11. The van der Waals surface area contributed by atoms with Gasteiger partial charge in [0, 0.05) is 18.9 Å². The van der Waals surface area contributed by atoms with Crippen LogP contribution >= 0.6 is 11.3 Å². The van der Waals surface area contributed by atoms with Crippen molar-refractivity contribution >= 4 is 22.4 Å². The van der Waals surface area contributed by atoms with E-state index in [1.807, 2.05) is 0 Å². The lowest BCUT2D eigenvalue weighted by molar-refractivity contribution is 0.102. The summed E-state index contributed by atoms with van der Waals surface area (Å²) in [6.45, 7) is 3.29. The van der Waals surface area contributed by atoms with Crippen molar-refractivity contribution in [1.29, 1.82) is 0 Å². The number of hydrogen-bond acceptors (Lipinski definition) is 8. The molecule has 0 radical (unpaired) electrons. The van der Waals surface area contributed by atoms with Gasteiger partial charge in [-0.2, -0.15) is 0 Å². The average molecular weight is 391 g/mol. The first-order chi connectivity index (χ1) is 12.9. The summed E-state index contributed by atoms with van der Waals surface area (Å²) in [6, 6.07) is 1.62. The zero-order valence-corrected chi connectivity index (χ0v) is 15.8. The quantitative estimate of drug-likeness (QED) is 0.712. The molecule has 3 heterocycles. The van der Waals surface area contributed by atoms with Crippen LogP contribution in [0.3, 0.4) is 0 Å². The number of methoxy groups -OCH3 is 2. The molecule has 1 N–H and O–H groups in total. The summed E-state index contributed by atoms with van der Waals surface area (Å²) in [5, 5.41) is 10.8. The van der Waals surface area contributed by atoms with Crippen molar-refractivity contribution in [2.45, 2.75) is 13.8 Å². The van der Waals surface area contributed by atoms with E-state index in [1.54, 1.807) is 19.9 Å². The number of nitrogens with one attached hydrogen (secondary N) is 1. The number of nitrogens with zero attached hydrogens (tertiary/aromatic N) is 4. The normalized spacial score (nSPS) is 10.6. The number of hydrogen-bond donors (Lipinski definition) is 1. The number of halogens is 1. The van der Waals surface area contributed by atoms with Gasteiger partial charge in [0.15, 0.2) is 5.82 Å². The molecule has 0 saturated carbocycles. The molecule has 142 valence electrons. The van der Waals surface area contributed by atoms with Gasteiger partial charge < -0.3 is 9.47 Å². The number of carbonyl (C=O) groups is 1. The topological polar surface area (TPSA) is 99.1 Å². The molecule has 0 aliphatic heterocycles. The minimum atomic E-state index is -0.563. The van der Waals surface area contributed by atoms with Crippen LogP contribution in [0, 0.1) is 19.7 Å². The fourth-order valence-electron chi connectivity index (χ4n) is 2.43. The highest BCUT2D eigenvalue weighted by Crippen LogP contribution is 2.36. The zero-order valence-electron chi connectivity index (χ0n) is 15.0. The van der Waals surface area contributed by atoms with Gasteiger partial charge in [-0.1, -0.05) is 5.10 Å². The predicted octanol–water partition coefficient (Wildman–Crippen LogP) is 3.27. The van der Waals surface area contributed by atoms with E-state index in [0.29, 0.717) is 16.5 Å². The second kappa shape index (κ2) is 7.62. The predicted molar refractivity (Wildman–Crippen MR) is 100.0 cm³/mol. The van der Waals surface area contributed by atoms with Crippen molar-refractivity contribution in [2.75, 3.05) is 19.5 Å². The molecule has 10 heteroatoms. The Bertz CT molecular complexity index is 1010. The number of amides is 1. The van der Waals surface area contributed by atoms with Gasteiger partial charge in [0.05, 0.1) is 37.2 Å². The standard InChI is InChI=1S/C17H16FN5O3S.H2/c1-8-5-10(13-12(25-3)7-20-9(2)14(13)18)11(6-19-8)15(24)21-16-22-23-17(26-4)27-16;/h5-7H,1-4H3,(H,21,22,24);1H. The molecule has 0 aliphatic carbocycles. The first-order valence-electron chi connectivity index (χ1n) is 7.79. The van der Waals surface area contributed by atoms with Crippen molar-refractivity contribution in [1.82, 2.24) is 20.2 Å². The van der Waals surface area contributed by atoms with Crippen LogP contribution in [0.1, 0.15) is 23.2 Å². The van der Waals surface area contributed by atoms with Crippen LogP contribution in [0.15, 0.2) is 18.5 Å². The van der Waals surface area contributed by atoms with Gasteiger partial charge in [-0.15, -0.1) is 5.10 Å². The number of carbonyl (C=O) groups excluding carboxylic acids is 1. The number of aryl methyl sites for hydroxylation is 2. The van der Waals surface area contributed by atoms with E-state index < -0.39 is 11.7 Å². The first kappa shape index (κ1) is 18.6. The molecule has 1 amide bonds. The Labute approximate surface area is 159 Å². The second-order valence-electron chi connectivity index (χ2n) is 5.50. The first-order valence-corrected chi connectivity index (χ1v) is 8.61. The summed E-state index contributed by atoms with van der Waals surface area (Å²) in [6.07, 6.45) is 2.80. The van der Waals surface area contributed by atoms with E-state index in [2.05, 4.69) is 25.5 Å². The Morgan fingerprint density at radius 1 is 1.19 bits per heavy atom.